The Morgan fingerprint density at radius 3 is 2.84 bits per heavy atom. The lowest BCUT2D eigenvalue weighted by atomic mass is 10.2. The van der Waals surface area contributed by atoms with Crippen molar-refractivity contribution in [3.63, 3.8) is 0 Å². The molecule has 0 unspecified atom stereocenters. The lowest BCUT2D eigenvalue weighted by Crippen LogP contribution is -1.98. The van der Waals surface area contributed by atoms with Crippen LogP contribution in [0.15, 0.2) is 52.5 Å². The fraction of sp³-hybridized carbons (Fsp3) is 0.0714. The molecule has 1 aromatic heterocycles. The van der Waals surface area contributed by atoms with Gasteiger partial charge in [-0.3, -0.25) is 0 Å². The number of benzene rings is 2. The Hall–Kier alpha value is -1.49. The number of nitrogens with one attached hydrogen (secondary N) is 1. The predicted octanol–water partition coefficient (Wildman–Crippen LogP) is 3.83. The Morgan fingerprint density at radius 2 is 2.05 bits per heavy atom. The molecule has 0 saturated heterocycles. The van der Waals surface area contributed by atoms with Gasteiger partial charge < -0.3 is 10.7 Å². The monoisotopic (exact) mass is 289 g/mol. The third kappa shape index (κ3) is 2.61. The van der Waals surface area contributed by atoms with Crippen molar-refractivity contribution in [2.45, 2.75) is 16.6 Å². The molecule has 0 spiro atoms. The standard InChI is InChI=1S/C14H12ClN3S/c15-10-6-5-9(8-16)13(7-10)19-14-17-11-3-1-2-4-12(11)18-14/h1-7H,8,16H2,(H,17,18). The van der Waals surface area contributed by atoms with E-state index in [-0.39, 0.29) is 0 Å². The number of para-hydroxylation sites is 2. The zero-order chi connectivity index (χ0) is 13.2. The van der Waals surface area contributed by atoms with E-state index in [1.807, 2.05) is 42.5 Å². The number of nitrogens with two attached hydrogens (primary N) is 1. The first-order chi connectivity index (χ1) is 9.26. The summed E-state index contributed by atoms with van der Waals surface area (Å²) in [5.74, 6) is 0. The molecule has 0 fully saturated rings. The Kier molecular flexibility index (Phi) is 3.46. The largest absolute Gasteiger partial charge is 0.333 e. The minimum atomic E-state index is 0.486. The van der Waals surface area contributed by atoms with E-state index >= 15 is 0 Å². The van der Waals surface area contributed by atoms with Crippen LogP contribution >= 0.6 is 23.4 Å². The average molecular weight is 290 g/mol. The summed E-state index contributed by atoms with van der Waals surface area (Å²) >= 11 is 7.58. The minimum Gasteiger partial charge on any atom is -0.333 e. The number of halogens is 1. The molecular weight excluding hydrogens is 278 g/mol. The summed E-state index contributed by atoms with van der Waals surface area (Å²) in [5, 5.41) is 1.55. The van der Waals surface area contributed by atoms with Gasteiger partial charge in [-0.2, -0.15) is 0 Å². The fourth-order valence-corrected chi connectivity index (χ4v) is 3.09. The Morgan fingerprint density at radius 1 is 1.21 bits per heavy atom. The van der Waals surface area contributed by atoms with E-state index in [0.717, 1.165) is 26.6 Å². The van der Waals surface area contributed by atoms with Crippen LogP contribution in [0.1, 0.15) is 5.56 Å². The lowest BCUT2D eigenvalue weighted by Gasteiger charge is -2.05. The number of rotatable bonds is 3. The van der Waals surface area contributed by atoms with Gasteiger partial charge in [0.15, 0.2) is 5.16 Å². The van der Waals surface area contributed by atoms with Crippen molar-refractivity contribution in [1.29, 1.82) is 0 Å². The summed E-state index contributed by atoms with van der Waals surface area (Å²) in [7, 11) is 0. The number of fused-ring (bicyclic) bond motifs is 1. The molecule has 5 heteroatoms. The van der Waals surface area contributed by atoms with E-state index in [1.165, 1.54) is 0 Å². The molecule has 0 saturated carbocycles. The average Bonchev–Trinajstić information content (AvgIpc) is 2.81. The third-order valence-electron chi connectivity index (χ3n) is 2.82. The zero-order valence-electron chi connectivity index (χ0n) is 10.1. The zero-order valence-corrected chi connectivity index (χ0v) is 11.6. The van der Waals surface area contributed by atoms with Gasteiger partial charge in [-0.25, -0.2) is 4.98 Å². The van der Waals surface area contributed by atoms with Crippen LogP contribution in [0.5, 0.6) is 0 Å². The molecule has 19 heavy (non-hydrogen) atoms. The van der Waals surface area contributed by atoms with E-state index in [1.54, 1.807) is 11.8 Å². The quantitative estimate of drug-likeness (QED) is 0.770. The van der Waals surface area contributed by atoms with E-state index in [2.05, 4.69) is 9.97 Å². The van der Waals surface area contributed by atoms with E-state index in [4.69, 9.17) is 17.3 Å². The van der Waals surface area contributed by atoms with Crippen LogP contribution in [0.2, 0.25) is 5.02 Å². The van der Waals surface area contributed by atoms with Gasteiger partial charge in [-0.15, -0.1) is 0 Å². The van der Waals surface area contributed by atoms with Crippen molar-refractivity contribution in [2.24, 2.45) is 5.73 Å². The normalized spacial score (nSPS) is 11.1. The van der Waals surface area contributed by atoms with Gasteiger partial charge in [0, 0.05) is 16.5 Å². The minimum absolute atomic E-state index is 0.486. The SMILES string of the molecule is NCc1ccc(Cl)cc1Sc1nc2ccccc2[nH]1. The highest BCUT2D eigenvalue weighted by Gasteiger charge is 2.08. The molecule has 0 aliphatic heterocycles. The van der Waals surface area contributed by atoms with Gasteiger partial charge in [0.25, 0.3) is 0 Å². The van der Waals surface area contributed by atoms with Crippen LogP contribution in [0.4, 0.5) is 0 Å². The molecule has 3 N–H and O–H groups in total. The third-order valence-corrected chi connectivity index (χ3v) is 4.05. The molecule has 3 nitrogen and oxygen atoms in total. The van der Waals surface area contributed by atoms with Crippen molar-refractivity contribution in [2.75, 3.05) is 0 Å². The number of imidazole rings is 1. The highest BCUT2D eigenvalue weighted by atomic mass is 35.5. The van der Waals surface area contributed by atoms with Gasteiger partial charge in [0.1, 0.15) is 0 Å². The van der Waals surface area contributed by atoms with Crippen molar-refractivity contribution >= 4 is 34.4 Å². The van der Waals surface area contributed by atoms with Crippen LogP contribution in [0.3, 0.4) is 0 Å². The molecule has 2 aromatic carbocycles. The molecule has 3 aromatic rings. The Bertz CT molecular complexity index is 691. The first kappa shape index (κ1) is 12.5. The second kappa shape index (κ2) is 5.25. The molecule has 0 radical (unpaired) electrons. The Balaban J connectivity index is 1.98. The second-order valence-electron chi connectivity index (χ2n) is 4.12. The molecule has 0 amide bonds. The highest BCUT2D eigenvalue weighted by molar-refractivity contribution is 7.99. The van der Waals surface area contributed by atoms with E-state index < -0.39 is 0 Å². The van der Waals surface area contributed by atoms with E-state index in [0.29, 0.717) is 11.6 Å². The molecule has 96 valence electrons. The van der Waals surface area contributed by atoms with Crippen molar-refractivity contribution in [3.05, 3.63) is 53.1 Å². The lowest BCUT2D eigenvalue weighted by molar-refractivity contribution is 1.02. The first-order valence-electron chi connectivity index (χ1n) is 5.87. The van der Waals surface area contributed by atoms with Crippen molar-refractivity contribution < 1.29 is 0 Å². The molecule has 3 rings (SSSR count). The molecular formula is C14H12ClN3S. The fourth-order valence-electron chi connectivity index (χ4n) is 1.87. The van der Waals surface area contributed by atoms with Crippen LogP contribution in [-0.2, 0) is 6.54 Å². The van der Waals surface area contributed by atoms with Crippen LogP contribution in [-0.4, -0.2) is 9.97 Å². The summed E-state index contributed by atoms with van der Waals surface area (Å²) in [6.07, 6.45) is 0. The van der Waals surface area contributed by atoms with Crippen molar-refractivity contribution in [3.8, 4) is 0 Å². The summed E-state index contributed by atoms with van der Waals surface area (Å²) in [4.78, 5) is 8.86. The van der Waals surface area contributed by atoms with Gasteiger partial charge in [0.2, 0.25) is 0 Å². The molecule has 0 aliphatic rings. The molecule has 1 heterocycles. The predicted molar refractivity (Wildman–Crippen MR) is 79.6 cm³/mol. The number of H-pyrrole nitrogens is 1. The van der Waals surface area contributed by atoms with E-state index in [9.17, 15) is 0 Å². The van der Waals surface area contributed by atoms with Crippen LogP contribution < -0.4 is 5.73 Å². The number of hydrogen-bond donors (Lipinski definition) is 2. The Labute approximate surface area is 120 Å². The maximum atomic E-state index is 6.03. The summed E-state index contributed by atoms with van der Waals surface area (Å²) in [5.41, 5.74) is 8.80. The molecule has 0 atom stereocenters. The number of hydrogen-bond acceptors (Lipinski definition) is 3. The summed E-state index contributed by atoms with van der Waals surface area (Å²) in [6, 6.07) is 13.7. The second-order valence-corrected chi connectivity index (χ2v) is 5.58. The molecule has 0 bridgehead atoms. The van der Waals surface area contributed by atoms with Gasteiger partial charge >= 0.3 is 0 Å². The topological polar surface area (TPSA) is 54.7 Å². The highest BCUT2D eigenvalue weighted by Crippen LogP contribution is 2.31. The van der Waals surface area contributed by atoms with Crippen molar-refractivity contribution in [1.82, 2.24) is 9.97 Å². The van der Waals surface area contributed by atoms with Gasteiger partial charge in [-0.05, 0) is 29.8 Å². The number of aromatic nitrogens is 2. The summed E-state index contributed by atoms with van der Waals surface area (Å²) in [6.45, 7) is 0.486. The summed E-state index contributed by atoms with van der Waals surface area (Å²) < 4.78 is 0. The maximum Gasteiger partial charge on any atom is 0.171 e. The maximum absolute atomic E-state index is 6.03. The van der Waals surface area contributed by atoms with Gasteiger partial charge in [0.05, 0.1) is 11.0 Å². The number of aromatic amines is 1. The smallest absolute Gasteiger partial charge is 0.171 e. The number of nitrogens with zero attached hydrogens (tertiary/aromatic N) is 1. The van der Waals surface area contributed by atoms with Crippen LogP contribution in [0, 0.1) is 0 Å². The van der Waals surface area contributed by atoms with Gasteiger partial charge in [-0.1, -0.05) is 41.6 Å². The molecule has 0 aliphatic carbocycles. The first-order valence-corrected chi connectivity index (χ1v) is 7.07. The van der Waals surface area contributed by atoms with Crippen LogP contribution in [0.25, 0.3) is 11.0 Å².